The highest BCUT2D eigenvalue weighted by molar-refractivity contribution is 7.91. The Bertz CT molecular complexity index is 902. The number of aryl methyl sites for hydroxylation is 1. The number of sulfone groups is 1. The lowest BCUT2D eigenvalue weighted by molar-refractivity contribution is -0.160. The molecule has 1 fully saturated rings. The molecule has 1 saturated carbocycles. The monoisotopic (exact) mass is 445 g/mol. The van der Waals surface area contributed by atoms with Crippen molar-refractivity contribution in [1.82, 2.24) is 10.6 Å². The van der Waals surface area contributed by atoms with Crippen LogP contribution in [0.25, 0.3) is 0 Å². The number of carbonyl (C=O) groups is 1. The number of amides is 1. The van der Waals surface area contributed by atoms with E-state index < -0.39 is 45.3 Å². The summed E-state index contributed by atoms with van der Waals surface area (Å²) >= 11 is 0. The van der Waals surface area contributed by atoms with Gasteiger partial charge in [0.15, 0.2) is 9.84 Å². The van der Waals surface area contributed by atoms with Crippen LogP contribution in [0.4, 0.5) is 13.2 Å². The first-order chi connectivity index (χ1) is 13.8. The summed E-state index contributed by atoms with van der Waals surface area (Å²) in [6.07, 6.45) is -4.01. The predicted octanol–water partition coefficient (Wildman–Crippen LogP) is 2.80. The highest BCUT2D eigenvalue weighted by atomic mass is 32.2. The molecule has 166 valence electrons. The van der Waals surface area contributed by atoms with E-state index >= 15 is 0 Å². The third-order valence-electron chi connectivity index (χ3n) is 4.76. The minimum atomic E-state index is -4.76. The Morgan fingerprint density at radius 1 is 1.20 bits per heavy atom. The van der Waals surface area contributed by atoms with Crippen molar-refractivity contribution in [2.75, 3.05) is 11.5 Å². The van der Waals surface area contributed by atoms with Crippen LogP contribution in [0.2, 0.25) is 0 Å². The molecule has 1 aromatic rings. The van der Waals surface area contributed by atoms with Gasteiger partial charge in [-0.3, -0.25) is 10.1 Å². The maximum Gasteiger partial charge on any atom is 0.407 e. The van der Waals surface area contributed by atoms with Crippen LogP contribution in [0.3, 0.4) is 0 Å². The van der Waals surface area contributed by atoms with Gasteiger partial charge in [-0.2, -0.15) is 18.4 Å². The topological polar surface area (TPSA) is 99.1 Å². The van der Waals surface area contributed by atoms with Gasteiger partial charge >= 0.3 is 6.18 Å². The summed E-state index contributed by atoms with van der Waals surface area (Å²) in [4.78, 5) is 12.7. The van der Waals surface area contributed by atoms with Gasteiger partial charge in [-0.05, 0) is 31.2 Å². The number of benzene rings is 1. The van der Waals surface area contributed by atoms with E-state index in [9.17, 15) is 31.6 Å². The average Bonchev–Trinajstić information content (AvgIpc) is 3.37. The average molecular weight is 446 g/mol. The lowest BCUT2D eigenvalue weighted by Crippen LogP contribution is -2.54. The molecule has 2 atom stereocenters. The Morgan fingerprint density at radius 3 is 2.20 bits per heavy atom. The van der Waals surface area contributed by atoms with Crippen LogP contribution in [0, 0.1) is 24.2 Å². The maximum absolute atomic E-state index is 13.8. The molecule has 0 spiro atoms. The van der Waals surface area contributed by atoms with E-state index in [1.165, 1.54) is 24.3 Å². The van der Waals surface area contributed by atoms with Crippen molar-refractivity contribution in [2.45, 2.75) is 57.4 Å². The number of alkyl halides is 3. The maximum atomic E-state index is 13.8. The van der Waals surface area contributed by atoms with E-state index in [1.54, 1.807) is 20.8 Å². The van der Waals surface area contributed by atoms with Crippen LogP contribution in [0.5, 0.6) is 0 Å². The third kappa shape index (κ3) is 6.71. The summed E-state index contributed by atoms with van der Waals surface area (Å²) in [5.74, 6) is -2.23. The molecule has 0 saturated heterocycles. The molecular weight excluding hydrogens is 419 g/mol. The molecule has 0 aliphatic heterocycles. The fourth-order valence-corrected chi connectivity index (χ4v) is 4.99. The van der Waals surface area contributed by atoms with E-state index in [0.717, 1.165) is 5.56 Å². The molecule has 1 aromatic carbocycles. The first-order valence-electron chi connectivity index (χ1n) is 9.60. The fraction of sp³-hybridized carbons (Fsp3) is 0.600. The molecule has 2 N–H and O–H groups in total. The highest BCUT2D eigenvalue weighted by Gasteiger charge is 2.48. The smallest absolute Gasteiger partial charge is 0.336 e. The predicted molar refractivity (Wildman–Crippen MR) is 106 cm³/mol. The van der Waals surface area contributed by atoms with Crippen LogP contribution in [-0.4, -0.2) is 43.6 Å². The van der Waals surface area contributed by atoms with Crippen LogP contribution < -0.4 is 10.6 Å². The summed E-state index contributed by atoms with van der Waals surface area (Å²) < 4.78 is 66.3. The summed E-state index contributed by atoms with van der Waals surface area (Å²) in [7, 11) is -3.82. The molecule has 0 unspecified atom stereocenters. The fourth-order valence-electron chi connectivity index (χ4n) is 3.08. The van der Waals surface area contributed by atoms with Crippen molar-refractivity contribution in [3.63, 3.8) is 0 Å². The number of nitrogens with one attached hydrogen (secondary N) is 2. The molecule has 2 rings (SSSR count). The second kappa shape index (κ2) is 8.94. The molecule has 30 heavy (non-hydrogen) atoms. The molecule has 1 aliphatic rings. The SMILES string of the molecule is Cc1ccc([C@H](N[C@@H](CS(=O)(=O)CC(C)C)C(=O)NC2(C#N)CC2)C(F)(F)F)cc1. The summed E-state index contributed by atoms with van der Waals surface area (Å²) in [6.45, 7) is 5.06. The number of carbonyl (C=O) groups excluding carboxylic acids is 1. The first-order valence-corrected chi connectivity index (χ1v) is 11.4. The Balaban J connectivity index is 2.34. The Hall–Kier alpha value is -2.12. The van der Waals surface area contributed by atoms with Gasteiger partial charge in [-0.25, -0.2) is 8.42 Å². The van der Waals surface area contributed by atoms with Gasteiger partial charge < -0.3 is 5.32 Å². The zero-order valence-electron chi connectivity index (χ0n) is 17.1. The lowest BCUT2D eigenvalue weighted by Gasteiger charge is -2.28. The van der Waals surface area contributed by atoms with Crippen LogP contribution in [0.1, 0.15) is 43.9 Å². The van der Waals surface area contributed by atoms with Crippen molar-refractivity contribution >= 4 is 15.7 Å². The quantitative estimate of drug-likeness (QED) is 0.609. The number of hydrogen-bond donors (Lipinski definition) is 2. The number of hydrogen-bond acceptors (Lipinski definition) is 5. The van der Waals surface area contributed by atoms with Gasteiger partial charge in [0, 0.05) is 0 Å². The summed E-state index contributed by atoms with van der Waals surface area (Å²) in [6, 6.07) is 3.62. The van der Waals surface area contributed by atoms with Gasteiger partial charge in [0.25, 0.3) is 0 Å². The number of halogens is 3. The van der Waals surface area contributed by atoms with Crippen molar-refractivity contribution < 1.29 is 26.4 Å². The normalized spacial score (nSPS) is 17.8. The zero-order valence-corrected chi connectivity index (χ0v) is 17.9. The second-order valence-electron chi connectivity index (χ2n) is 8.26. The molecular formula is C20H26F3N3O3S. The minimum absolute atomic E-state index is 0.131. The third-order valence-corrected chi connectivity index (χ3v) is 6.77. The summed E-state index contributed by atoms with van der Waals surface area (Å²) in [5, 5.41) is 13.8. The second-order valence-corrected chi connectivity index (χ2v) is 10.4. The van der Waals surface area contributed by atoms with Crippen molar-refractivity contribution in [2.24, 2.45) is 5.92 Å². The Kier molecular flexibility index (Phi) is 7.20. The van der Waals surface area contributed by atoms with E-state index in [2.05, 4.69) is 10.6 Å². The molecule has 6 nitrogen and oxygen atoms in total. The molecule has 0 bridgehead atoms. The van der Waals surface area contributed by atoms with E-state index in [1.807, 2.05) is 6.07 Å². The number of nitrogens with zero attached hydrogens (tertiary/aromatic N) is 1. The molecule has 1 amide bonds. The number of nitriles is 1. The van der Waals surface area contributed by atoms with Crippen molar-refractivity contribution in [3.05, 3.63) is 35.4 Å². The first kappa shape index (κ1) is 24.2. The van der Waals surface area contributed by atoms with Crippen molar-refractivity contribution in [3.8, 4) is 6.07 Å². The van der Waals surface area contributed by atoms with E-state index in [-0.39, 0.29) is 17.2 Å². The largest absolute Gasteiger partial charge is 0.407 e. The minimum Gasteiger partial charge on any atom is -0.336 e. The lowest BCUT2D eigenvalue weighted by atomic mass is 10.0. The number of rotatable bonds is 9. The Labute approximate surface area is 174 Å². The van der Waals surface area contributed by atoms with Crippen LogP contribution in [0.15, 0.2) is 24.3 Å². The molecule has 10 heteroatoms. The molecule has 0 heterocycles. The zero-order chi connectivity index (χ0) is 22.7. The Morgan fingerprint density at radius 2 is 1.77 bits per heavy atom. The summed E-state index contributed by atoms with van der Waals surface area (Å²) in [5.41, 5.74) is -0.497. The van der Waals surface area contributed by atoms with Gasteiger partial charge in [-0.15, -0.1) is 0 Å². The highest BCUT2D eigenvalue weighted by Crippen LogP contribution is 2.35. The standard InChI is InChI=1S/C20H26F3N3O3S/c1-13(2)10-30(28,29)11-16(18(27)26-19(12-24)8-9-19)25-17(20(21,22)23)15-6-4-14(3)5-7-15/h4-7,13,16-17,25H,8-11H2,1-3H3,(H,26,27)/t16-,17-/m0/s1. The molecule has 0 radical (unpaired) electrons. The van der Waals surface area contributed by atoms with Crippen LogP contribution in [-0.2, 0) is 14.6 Å². The van der Waals surface area contributed by atoms with Gasteiger partial charge in [-0.1, -0.05) is 43.7 Å². The molecule has 0 aromatic heterocycles. The van der Waals surface area contributed by atoms with Gasteiger partial charge in [0.1, 0.15) is 17.6 Å². The molecule has 1 aliphatic carbocycles. The van der Waals surface area contributed by atoms with E-state index in [0.29, 0.717) is 12.8 Å². The van der Waals surface area contributed by atoms with Crippen LogP contribution >= 0.6 is 0 Å². The van der Waals surface area contributed by atoms with Crippen molar-refractivity contribution in [1.29, 1.82) is 5.26 Å². The van der Waals surface area contributed by atoms with E-state index in [4.69, 9.17) is 0 Å². The van der Waals surface area contributed by atoms with Gasteiger partial charge in [0.05, 0.1) is 17.6 Å². The van der Waals surface area contributed by atoms with Gasteiger partial charge in [0.2, 0.25) is 5.91 Å².